The molecule has 13 nitrogen and oxygen atoms in total. The van der Waals surface area contributed by atoms with Crippen molar-refractivity contribution in [1.29, 1.82) is 0 Å². The van der Waals surface area contributed by atoms with Crippen LogP contribution in [0.1, 0.15) is 105 Å². The average Bonchev–Trinajstić information content (AvgIpc) is 3.99. The van der Waals surface area contributed by atoms with E-state index in [9.17, 15) is 24.0 Å². The van der Waals surface area contributed by atoms with Gasteiger partial charge in [-0.05, 0) is 87.9 Å². The number of ether oxygens (including phenoxy) is 2. The zero-order valence-corrected chi connectivity index (χ0v) is 31.2. The van der Waals surface area contributed by atoms with E-state index in [2.05, 4.69) is 27.3 Å². The van der Waals surface area contributed by atoms with E-state index in [0.717, 1.165) is 42.1 Å². The van der Waals surface area contributed by atoms with Gasteiger partial charge in [-0.25, -0.2) is 9.78 Å². The van der Waals surface area contributed by atoms with Crippen LogP contribution in [0.2, 0.25) is 0 Å². The van der Waals surface area contributed by atoms with Gasteiger partial charge in [0.05, 0.1) is 19.7 Å². The number of carbonyl (C=O) groups is 5. The number of likely N-dealkylation sites (tertiary alicyclic amines) is 1. The Labute approximate surface area is 300 Å². The maximum absolute atomic E-state index is 14.5. The molecule has 0 unspecified atom stereocenters. The summed E-state index contributed by atoms with van der Waals surface area (Å²) in [5.74, 6) is -1.01. The Morgan fingerprint density at radius 2 is 1.69 bits per heavy atom. The summed E-state index contributed by atoms with van der Waals surface area (Å²) in [5, 5.41) is 12.9. The van der Waals surface area contributed by atoms with Crippen LogP contribution in [-0.4, -0.2) is 88.9 Å². The van der Waals surface area contributed by atoms with Gasteiger partial charge in [-0.3, -0.25) is 19.2 Å². The third kappa shape index (κ3) is 9.68. The van der Waals surface area contributed by atoms with Gasteiger partial charge in [-0.2, -0.15) is 0 Å². The fraction of sp³-hybridized carbons (Fsp3) is 0.632. The Morgan fingerprint density at radius 3 is 2.27 bits per heavy atom. The lowest BCUT2D eigenvalue weighted by Gasteiger charge is -2.36. The number of carbonyl (C=O) groups excluding carboxylic acids is 5. The quantitative estimate of drug-likeness (QED) is 0.226. The number of urea groups is 1. The summed E-state index contributed by atoms with van der Waals surface area (Å²) in [6, 6.07) is 4.08. The fourth-order valence-corrected chi connectivity index (χ4v) is 6.35. The van der Waals surface area contributed by atoms with E-state index in [1.54, 1.807) is 7.11 Å². The van der Waals surface area contributed by atoms with Crippen molar-refractivity contribution in [2.45, 2.75) is 135 Å². The van der Waals surface area contributed by atoms with Crippen LogP contribution >= 0.6 is 0 Å². The third-order valence-corrected chi connectivity index (χ3v) is 9.37. The lowest BCUT2D eigenvalue weighted by molar-refractivity contribution is -0.144. The van der Waals surface area contributed by atoms with E-state index in [-0.39, 0.29) is 25.4 Å². The minimum Gasteiger partial charge on any atom is -0.497 e. The Morgan fingerprint density at radius 1 is 0.980 bits per heavy atom. The van der Waals surface area contributed by atoms with Crippen molar-refractivity contribution in [2.24, 2.45) is 5.41 Å². The first-order chi connectivity index (χ1) is 24.0. The minimum absolute atomic E-state index is 0.0122. The minimum atomic E-state index is -1.05. The van der Waals surface area contributed by atoms with E-state index in [4.69, 9.17) is 14.5 Å². The molecule has 1 aromatic heterocycles. The predicted molar refractivity (Wildman–Crippen MR) is 192 cm³/mol. The highest BCUT2D eigenvalue weighted by atomic mass is 16.5. The van der Waals surface area contributed by atoms with E-state index in [0.29, 0.717) is 24.0 Å². The molecule has 278 valence electrons. The van der Waals surface area contributed by atoms with Gasteiger partial charge in [0, 0.05) is 35.0 Å². The Balaban J connectivity index is 1.45. The van der Waals surface area contributed by atoms with Crippen molar-refractivity contribution in [2.75, 3.05) is 13.7 Å². The molecule has 51 heavy (non-hydrogen) atoms. The molecule has 1 aliphatic heterocycles. The van der Waals surface area contributed by atoms with Crippen LogP contribution in [0, 0.1) is 5.41 Å². The number of rotatable bonds is 13. The number of hydrogen-bond acceptors (Lipinski definition) is 8. The molecule has 2 heterocycles. The summed E-state index contributed by atoms with van der Waals surface area (Å²) in [4.78, 5) is 74.0. The van der Waals surface area contributed by atoms with Crippen molar-refractivity contribution in [3.8, 4) is 11.6 Å². The van der Waals surface area contributed by atoms with Crippen molar-refractivity contribution in [3.63, 3.8) is 0 Å². The summed E-state index contributed by atoms with van der Waals surface area (Å²) in [6.45, 7) is 13.0. The summed E-state index contributed by atoms with van der Waals surface area (Å²) in [6.07, 6.45) is 4.00. The van der Waals surface area contributed by atoms with Gasteiger partial charge in [0.15, 0.2) is 0 Å². The number of pyridine rings is 1. The number of nitrogens with zero attached hydrogens (tertiary/aromatic N) is 2. The molecule has 0 radical (unpaired) electrons. The number of Topliss-reactive ketones (excluding diaryl/α,β-unsaturated/α-hetero) is 1. The molecule has 2 aliphatic carbocycles. The lowest BCUT2D eigenvalue weighted by atomic mass is 9.85. The summed E-state index contributed by atoms with van der Waals surface area (Å²) >= 11 is 0. The smallest absolute Gasteiger partial charge is 0.315 e. The molecule has 0 bridgehead atoms. The maximum Gasteiger partial charge on any atom is 0.315 e. The van der Waals surface area contributed by atoms with Crippen molar-refractivity contribution < 1.29 is 33.4 Å². The standard InChI is InChI=1S/C38H54N6O7/c1-9-10-27(30(45)33(47)39-23-13-14-23)40-32(46)29-19-25(20-44(29)35(48)31(37(2,3)4)42-36(49)43-38(5,6)7)51-34-26-16-15-24(50-8)17-22(26)18-28(41-34)21-11-12-21/h15-18,21,23,25,27,29,31H,9-14,19-20H2,1-8H3,(H,39,47)(H,40,46)(H2,42,43,49)/t25-,27+,29+,31-/m1/s1. The van der Waals surface area contributed by atoms with Crippen LogP contribution in [0.15, 0.2) is 24.3 Å². The number of ketones is 1. The third-order valence-electron chi connectivity index (χ3n) is 9.37. The second kappa shape index (κ2) is 15.1. The molecular weight excluding hydrogens is 652 g/mol. The topological polar surface area (TPSA) is 168 Å². The van der Waals surface area contributed by atoms with Gasteiger partial charge in [-0.15, -0.1) is 0 Å². The first kappa shape index (κ1) is 37.8. The molecule has 5 rings (SSSR count). The Hall–Kier alpha value is -4.42. The van der Waals surface area contributed by atoms with Crippen LogP contribution in [0.4, 0.5) is 4.79 Å². The first-order valence-corrected chi connectivity index (χ1v) is 18.2. The molecule has 1 aromatic carbocycles. The summed E-state index contributed by atoms with van der Waals surface area (Å²) < 4.78 is 12.1. The van der Waals surface area contributed by atoms with Crippen molar-refractivity contribution in [3.05, 3.63) is 30.0 Å². The molecule has 3 fully saturated rings. The van der Waals surface area contributed by atoms with Crippen molar-refractivity contribution >= 4 is 40.3 Å². The molecule has 0 spiro atoms. The number of aromatic nitrogens is 1. The predicted octanol–water partition coefficient (Wildman–Crippen LogP) is 4.11. The number of methoxy groups -OCH3 is 1. The van der Waals surface area contributed by atoms with E-state index >= 15 is 0 Å². The largest absolute Gasteiger partial charge is 0.497 e. The van der Waals surface area contributed by atoms with Crippen LogP contribution in [0.5, 0.6) is 11.6 Å². The summed E-state index contributed by atoms with van der Waals surface area (Å²) in [7, 11) is 1.61. The highest BCUT2D eigenvalue weighted by Gasteiger charge is 2.47. The molecule has 4 N–H and O–H groups in total. The zero-order valence-electron chi connectivity index (χ0n) is 31.2. The highest BCUT2D eigenvalue weighted by Crippen LogP contribution is 2.42. The lowest BCUT2D eigenvalue weighted by Crippen LogP contribution is -2.61. The van der Waals surface area contributed by atoms with Gasteiger partial charge in [-0.1, -0.05) is 34.1 Å². The van der Waals surface area contributed by atoms with Crippen LogP contribution in [0.3, 0.4) is 0 Å². The number of fused-ring (bicyclic) bond motifs is 1. The highest BCUT2D eigenvalue weighted by molar-refractivity contribution is 6.38. The maximum atomic E-state index is 14.5. The number of amides is 5. The molecular formula is C38H54N6O7. The van der Waals surface area contributed by atoms with Crippen LogP contribution in [-0.2, 0) is 19.2 Å². The fourth-order valence-electron chi connectivity index (χ4n) is 6.35. The van der Waals surface area contributed by atoms with E-state index in [1.807, 2.05) is 66.7 Å². The normalized spacial score (nSPS) is 20.3. The zero-order chi connectivity index (χ0) is 37.2. The van der Waals surface area contributed by atoms with Crippen LogP contribution < -0.4 is 30.7 Å². The second-order valence-corrected chi connectivity index (χ2v) is 16.3. The van der Waals surface area contributed by atoms with Gasteiger partial charge in [0.1, 0.15) is 23.9 Å². The van der Waals surface area contributed by atoms with Gasteiger partial charge in [0.25, 0.3) is 5.91 Å². The average molecular weight is 707 g/mol. The summed E-state index contributed by atoms with van der Waals surface area (Å²) in [5.41, 5.74) is -0.367. The van der Waals surface area contributed by atoms with Crippen molar-refractivity contribution in [1.82, 2.24) is 31.2 Å². The molecule has 2 aromatic rings. The number of hydrogen-bond donors (Lipinski definition) is 4. The van der Waals surface area contributed by atoms with Crippen LogP contribution in [0.25, 0.3) is 10.8 Å². The van der Waals surface area contributed by atoms with Gasteiger partial charge >= 0.3 is 6.03 Å². The Kier molecular flexibility index (Phi) is 11.2. The molecule has 3 aliphatic rings. The van der Waals surface area contributed by atoms with E-state index < -0.39 is 64.7 Å². The number of benzene rings is 1. The Bertz CT molecular complexity index is 1660. The van der Waals surface area contributed by atoms with Gasteiger partial charge < -0.3 is 35.6 Å². The second-order valence-electron chi connectivity index (χ2n) is 16.3. The molecule has 4 atom stereocenters. The molecule has 13 heteroatoms. The van der Waals surface area contributed by atoms with E-state index in [1.165, 1.54) is 4.90 Å². The monoisotopic (exact) mass is 706 g/mol. The first-order valence-electron chi connectivity index (χ1n) is 18.2. The molecule has 1 saturated heterocycles. The SMILES string of the molecule is CCC[C@H](NC(=O)[C@@H]1C[C@@H](Oc2nc(C3CC3)cc3cc(OC)ccc23)CN1C(=O)[C@@H](NC(=O)NC(C)(C)C)C(C)(C)C)C(=O)C(=O)NC1CC1. The molecule has 5 amide bonds. The number of nitrogens with one attached hydrogen (secondary N) is 4. The van der Waals surface area contributed by atoms with Gasteiger partial charge in [0.2, 0.25) is 23.5 Å². The molecule has 2 saturated carbocycles.